The van der Waals surface area contributed by atoms with Crippen LogP contribution in [0, 0.1) is 0 Å². The first-order chi connectivity index (χ1) is 12.1. The SMILES string of the molecule is Cn1nc(Br)c2c(NCCCNC(=O)c3cccc(O)c3)ncnc21. The number of phenols is 1. The predicted octanol–water partition coefficient (Wildman–Crippen LogP) is 2.06. The monoisotopic (exact) mass is 404 g/mol. The molecule has 0 aliphatic heterocycles. The zero-order chi connectivity index (χ0) is 17.8. The van der Waals surface area contributed by atoms with Crippen LogP contribution in [0.15, 0.2) is 35.2 Å². The number of amides is 1. The minimum atomic E-state index is -0.213. The summed E-state index contributed by atoms with van der Waals surface area (Å²) in [6.07, 6.45) is 2.20. The van der Waals surface area contributed by atoms with Crippen molar-refractivity contribution in [2.24, 2.45) is 7.05 Å². The van der Waals surface area contributed by atoms with Crippen LogP contribution in [-0.4, -0.2) is 43.9 Å². The molecule has 130 valence electrons. The number of fused-ring (bicyclic) bond motifs is 1. The molecular weight excluding hydrogens is 388 g/mol. The molecule has 9 heteroatoms. The highest BCUT2D eigenvalue weighted by atomic mass is 79.9. The first kappa shape index (κ1) is 17.2. The van der Waals surface area contributed by atoms with Crippen molar-refractivity contribution in [2.75, 3.05) is 18.4 Å². The van der Waals surface area contributed by atoms with Gasteiger partial charge in [-0.25, -0.2) is 14.6 Å². The number of carbonyl (C=O) groups excluding carboxylic acids is 1. The highest BCUT2D eigenvalue weighted by Gasteiger charge is 2.12. The summed E-state index contributed by atoms with van der Waals surface area (Å²) in [5, 5.41) is 20.6. The number of rotatable bonds is 6. The van der Waals surface area contributed by atoms with Crippen molar-refractivity contribution in [2.45, 2.75) is 6.42 Å². The molecule has 0 unspecified atom stereocenters. The van der Waals surface area contributed by atoms with E-state index in [1.165, 1.54) is 18.5 Å². The number of hydrogen-bond acceptors (Lipinski definition) is 6. The Morgan fingerprint density at radius 1 is 1.32 bits per heavy atom. The molecule has 2 heterocycles. The molecule has 0 bridgehead atoms. The van der Waals surface area contributed by atoms with Crippen molar-refractivity contribution < 1.29 is 9.90 Å². The van der Waals surface area contributed by atoms with Gasteiger partial charge in [-0.05, 0) is 40.5 Å². The average Bonchev–Trinajstić information content (AvgIpc) is 2.89. The van der Waals surface area contributed by atoms with Gasteiger partial charge >= 0.3 is 0 Å². The van der Waals surface area contributed by atoms with Gasteiger partial charge < -0.3 is 15.7 Å². The molecule has 3 rings (SSSR count). The molecule has 0 atom stereocenters. The van der Waals surface area contributed by atoms with Crippen molar-refractivity contribution in [3.05, 3.63) is 40.8 Å². The second-order valence-electron chi connectivity index (χ2n) is 5.42. The number of anilines is 1. The molecule has 8 nitrogen and oxygen atoms in total. The van der Waals surface area contributed by atoms with Crippen LogP contribution in [0.4, 0.5) is 5.82 Å². The Bertz CT molecular complexity index is 911. The second kappa shape index (κ2) is 7.47. The summed E-state index contributed by atoms with van der Waals surface area (Å²) in [6.45, 7) is 1.14. The summed E-state index contributed by atoms with van der Waals surface area (Å²) in [7, 11) is 1.82. The molecule has 0 saturated heterocycles. The fourth-order valence-electron chi connectivity index (χ4n) is 2.42. The summed E-state index contributed by atoms with van der Waals surface area (Å²) in [4.78, 5) is 20.4. The second-order valence-corrected chi connectivity index (χ2v) is 6.17. The number of halogens is 1. The van der Waals surface area contributed by atoms with Crippen LogP contribution in [0.1, 0.15) is 16.8 Å². The van der Waals surface area contributed by atoms with Gasteiger partial charge in [0.2, 0.25) is 0 Å². The third kappa shape index (κ3) is 3.87. The Balaban J connectivity index is 1.52. The summed E-state index contributed by atoms with van der Waals surface area (Å²) < 4.78 is 2.37. The molecule has 1 aromatic carbocycles. The van der Waals surface area contributed by atoms with E-state index in [0.717, 1.165) is 11.0 Å². The van der Waals surface area contributed by atoms with Gasteiger partial charge in [0.05, 0.1) is 5.39 Å². The summed E-state index contributed by atoms with van der Waals surface area (Å²) in [6, 6.07) is 6.26. The Labute approximate surface area is 152 Å². The molecule has 3 aromatic rings. The van der Waals surface area contributed by atoms with Crippen molar-refractivity contribution in [1.82, 2.24) is 25.1 Å². The Hall–Kier alpha value is -2.68. The third-order valence-electron chi connectivity index (χ3n) is 3.62. The lowest BCUT2D eigenvalue weighted by Crippen LogP contribution is -2.25. The zero-order valence-electron chi connectivity index (χ0n) is 13.5. The van der Waals surface area contributed by atoms with E-state index < -0.39 is 0 Å². The smallest absolute Gasteiger partial charge is 0.251 e. The van der Waals surface area contributed by atoms with E-state index >= 15 is 0 Å². The van der Waals surface area contributed by atoms with Crippen LogP contribution in [0.25, 0.3) is 11.0 Å². The van der Waals surface area contributed by atoms with Gasteiger partial charge in [0, 0.05) is 25.7 Å². The number of benzene rings is 1. The Kier molecular flexibility index (Phi) is 5.13. The molecule has 0 radical (unpaired) electrons. The van der Waals surface area contributed by atoms with E-state index in [4.69, 9.17) is 0 Å². The largest absolute Gasteiger partial charge is 0.508 e. The standard InChI is InChI=1S/C16H17BrN6O2/c1-23-15-12(13(17)22-23)14(20-9-21-15)18-6-3-7-19-16(25)10-4-2-5-11(24)8-10/h2,4-5,8-9,24H,3,6-7H2,1H3,(H,19,25)(H,18,20,21). The Morgan fingerprint density at radius 2 is 2.16 bits per heavy atom. The Morgan fingerprint density at radius 3 is 2.96 bits per heavy atom. The molecule has 0 spiro atoms. The third-order valence-corrected chi connectivity index (χ3v) is 4.17. The molecule has 0 aliphatic rings. The number of aromatic nitrogens is 4. The lowest BCUT2D eigenvalue weighted by molar-refractivity contribution is 0.0953. The maximum Gasteiger partial charge on any atom is 0.251 e. The van der Waals surface area contributed by atoms with E-state index in [2.05, 4.69) is 41.6 Å². The van der Waals surface area contributed by atoms with Crippen LogP contribution in [0.2, 0.25) is 0 Å². The first-order valence-corrected chi connectivity index (χ1v) is 8.50. The van der Waals surface area contributed by atoms with Gasteiger partial charge in [0.15, 0.2) is 5.65 Å². The number of carbonyl (C=O) groups is 1. The quantitative estimate of drug-likeness (QED) is 0.543. The van der Waals surface area contributed by atoms with E-state index in [1.54, 1.807) is 16.8 Å². The molecule has 1 amide bonds. The van der Waals surface area contributed by atoms with Gasteiger partial charge in [-0.2, -0.15) is 5.10 Å². The van der Waals surface area contributed by atoms with Crippen molar-refractivity contribution in [3.63, 3.8) is 0 Å². The highest BCUT2D eigenvalue weighted by Crippen LogP contribution is 2.26. The van der Waals surface area contributed by atoms with Crippen LogP contribution in [-0.2, 0) is 7.05 Å². The van der Waals surface area contributed by atoms with Gasteiger partial charge in [-0.15, -0.1) is 0 Å². The number of phenolic OH excluding ortho intramolecular Hbond substituents is 1. The molecular formula is C16H17BrN6O2. The van der Waals surface area contributed by atoms with E-state index in [-0.39, 0.29) is 11.7 Å². The summed E-state index contributed by atoms with van der Waals surface area (Å²) in [5.41, 5.74) is 1.17. The summed E-state index contributed by atoms with van der Waals surface area (Å²) in [5.74, 6) is 0.559. The van der Waals surface area contributed by atoms with Gasteiger partial charge in [-0.3, -0.25) is 4.79 Å². The number of aromatic hydroxyl groups is 1. The average molecular weight is 405 g/mol. The highest BCUT2D eigenvalue weighted by molar-refractivity contribution is 9.10. The van der Waals surface area contributed by atoms with Gasteiger partial charge in [0.1, 0.15) is 22.5 Å². The van der Waals surface area contributed by atoms with Crippen LogP contribution < -0.4 is 10.6 Å². The summed E-state index contributed by atoms with van der Waals surface area (Å²) >= 11 is 3.41. The minimum Gasteiger partial charge on any atom is -0.508 e. The molecule has 2 aromatic heterocycles. The van der Waals surface area contributed by atoms with E-state index in [1.807, 2.05) is 7.05 Å². The van der Waals surface area contributed by atoms with Crippen molar-refractivity contribution in [3.8, 4) is 5.75 Å². The zero-order valence-corrected chi connectivity index (χ0v) is 15.1. The topological polar surface area (TPSA) is 105 Å². The molecule has 0 aliphatic carbocycles. The fraction of sp³-hybridized carbons (Fsp3) is 0.250. The molecule has 3 N–H and O–H groups in total. The minimum absolute atomic E-state index is 0.0733. The number of nitrogens with one attached hydrogen (secondary N) is 2. The maximum absolute atomic E-state index is 12.0. The molecule has 25 heavy (non-hydrogen) atoms. The van der Waals surface area contributed by atoms with Crippen molar-refractivity contribution in [1.29, 1.82) is 0 Å². The van der Waals surface area contributed by atoms with Gasteiger partial charge in [-0.1, -0.05) is 6.07 Å². The number of hydrogen-bond donors (Lipinski definition) is 3. The van der Waals surface area contributed by atoms with E-state index in [0.29, 0.717) is 35.5 Å². The lowest BCUT2D eigenvalue weighted by Gasteiger charge is -2.08. The van der Waals surface area contributed by atoms with Crippen molar-refractivity contribution >= 4 is 38.7 Å². The fourth-order valence-corrected chi connectivity index (χ4v) is 3.02. The van der Waals surface area contributed by atoms with E-state index in [9.17, 15) is 9.90 Å². The maximum atomic E-state index is 12.0. The lowest BCUT2D eigenvalue weighted by atomic mass is 10.2. The molecule has 0 saturated carbocycles. The molecule has 0 fully saturated rings. The number of nitrogens with zero attached hydrogens (tertiary/aromatic N) is 4. The van der Waals surface area contributed by atoms with Crippen LogP contribution >= 0.6 is 15.9 Å². The normalized spacial score (nSPS) is 10.8. The number of aryl methyl sites for hydroxylation is 1. The van der Waals surface area contributed by atoms with Crippen LogP contribution in [0.5, 0.6) is 5.75 Å². The predicted molar refractivity (Wildman–Crippen MR) is 97.6 cm³/mol. The van der Waals surface area contributed by atoms with Gasteiger partial charge in [0.25, 0.3) is 5.91 Å². The first-order valence-electron chi connectivity index (χ1n) is 7.70. The van der Waals surface area contributed by atoms with Crippen LogP contribution in [0.3, 0.4) is 0 Å².